The Hall–Kier alpha value is -3.39. The Morgan fingerprint density at radius 2 is 2.00 bits per heavy atom. The molecule has 9 heteroatoms. The van der Waals surface area contributed by atoms with Crippen molar-refractivity contribution in [3.8, 4) is 11.4 Å². The van der Waals surface area contributed by atoms with Crippen LogP contribution in [0.3, 0.4) is 0 Å². The van der Waals surface area contributed by atoms with E-state index in [0.29, 0.717) is 22.8 Å². The molecule has 0 aliphatic carbocycles. The zero-order valence-corrected chi connectivity index (χ0v) is 17.9. The van der Waals surface area contributed by atoms with Crippen molar-refractivity contribution in [1.82, 2.24) is 29.9 Å². The molecule has 0 radical (unpaired) electrons. The van der Waals surface area contributed by atoms with E-state index in [9.17, 15) is 9.90 Å². The molecule has 1 fully saturated rings. The topological polar surface area (TPSA) is 99.9 Å². The fraction of sp³-hybridized carbons (Fsp3) is 0.273. The highest BCUT2D eigenvalue weighted by atomic mass is 35.5. The summed E-state index contributed by atoms with van der Waals surface area (Å²) >= 11 is 6.28. The first-order valence-corrected chi connectivity index (χ1v) is 10.4. The lowest BCUT2D eigenvalue weighted by Crippen LogP contribution is -2.44. The van der Waals surface area contributed by atoms with Gasteiger partial charge in [0.15, 0.2) is 0 Å². The second-order valence-corrected chi connectivity index (χ2v) is 8.42. The van der Waals surface area contributed by atoms with E-state index in [-0.39, 0.29) is 11.7 Å². The normalized spacial score (nSPS) is 18.7. The van der Waals surface area contributed by atoms with Gasteiger partial charge in [-0.25, -0.2) is 4.98 Å². The number of H-pyrrole nitrogens is 1. The third kappa shape index (κ3) is 3.06. The molecule has 2 N–H and O–H groups in total. The van der Waals surface area contributed by atoms with Crippen LogP contribution in [0.5, 0.6) is 5.75 Å². The summed E-state index contributed by atoms with van der Waals surface area (Å²) in [6, 6.07) is 8.37. The highest BCUT2D eigenvalue weighted by Crippen LogP contribution is 2.40. The first-order chi connectivity index (χ1) is 14.9. The number of hydrogen-bond acceptors (Lipinski definition) is 5. The number of phenolic OH excluding ortho intramolecular Hbond substituents is 1. The van der Waals surface area contributed by atoms with E-state index in [1.807, 2.05) is 30.9 Å². The number of likely N-dealkylation sites (tertiary alicyclic amines) is 1. The summed E-state index contributed by atoms with van der Waals surface area (Å²) < 4.78 is 0. The number of fused-ring (bicyclic) bond motifs is 1. The van der Waals surface area contributed by atoms with Crippen LogP contribution in [0, 0.1) is 6.92 Å². The molecule has 0 bridgehead atoms. The van der Waals surface area contributed by atoms with Crippen molar-refractivity contribution in [1.29, 1.82) is 0 Å². The number of nitrogens with zero attached hydrogens (tertiary/aromatic N) is 5. The predicted molar refractivity (Wildman–Crippen MR) is 116 cm³/mol. The summed E-state index contributed by atoms with van der Waals surface area (Å²) in [6.45, 7) is 4.53. The number of benzene rings is 2. The molecule has 1 amide bonds. The van der Waals surface area contributed by atoms with Crippen LogP contribution in [0.15, 0.2) is 42.7 Å². The number of aromatic hydroxyl groups is 1. The van der Waals surface area contributed by atoms with Crippen molar-refractivity contribution >= 4 is 28.5 Å². The Morgan fingerprint density at radius 3 is 2.77 bits per heavy atom. The number of carbonyl (C=O) groups excluding carboxylic acids is 1. The first kappa shape index (κ1) is 19.6. The highest BCUT2D eigenvalue weighted by Gasteiger charge is 2.44. The van der Waals surface area contributed by atoms with Crippen LogP contribution in [-0.2, 0) is 5.54 Å². The standard InChI is InChI=1S/C22H21ClN6O2/c1-13-16(23)5-6-17-19(13)27-21(26-17)22(2)8-3-11-28(22)20(31)15-12-14(30)4-7-18(15)29-24-9-10-25-29/h4-7,9-10,12,30H,3,8,11H2,1-2H3,(H,26,27)/t22-/m0/s1. The predicted octanol–water partition coefficient (Wildman–Crippen LogP) is 3.96. The van der Waals surface area contributed by atoms with Gasteiger partial charge >= 0.3 is 0 Å². The molecule has 1 saturated heterocycles. The maximum atomic E-state index is 13.7. The van der Waals surface area contributed by atoms with Crippen molar-refractivity contribution in [3.05, 3.63) is 64.7 Å². The van der Waals surface area contributed by atoms with Gasteiger partial charge in [-0.2, -0.15) is 15.0 Å². The smallest absolute Gasteiger partial charge is 0.257 e. The zero-order valence-electron chi connectivity index (χ0n) is 17.1. The second kappa shape index (κ2) is 7.09. The average molecular weight is 437 g/mol. The summed E-state index contributed by atoms with van der Waals surface area (Å²) in [4.78, 5) is 25.1. The van der Waals surface area contributed by atoms with Gasteiger partial charge in [0.2, 0.25) is 0 Å². The molecule has 1 aliphatic heterocycles. The minimum atomic E-state index is -0.630. The Kier molecular flexibility index (Phi) is 4.48. The van der Waals surface area contributed by atoms with E-state index in [0.717, 1.165) is 35.3 Å². The third-order valence-electron chi connectivity index (χ3n) is 6.08. The van der Waals surface area contributed by atoms with Crippen LogP contribution in [0.4, 0.5) is 0 Å². The van der Waals surface area contributed by atoms with Gasteiger partial charge in [0.05, 0.1) is 40.2 Å². The van der Waals surface area contributed by atoms with Crippen molar-refractivity contribution in [2.75, 3.05) is 6.54 Å². The van der Waals surface area contributed by atoms with Gasteiger partial charge in [-0.3, -0.25) is 4.79 Å². The largest absolute Gasteiger partial charge is 0.508 e. The Bertz CT molecular complexity index is 1300. The molecule has 1 aliphatic rings. The lowest BCUT2D eigenvalue weighted by atomic mass is 9.97. The molecule has 2 aromatic heterocycles. The highest BCUT2D eigenvalue weighted by molar-refractivity contribution is 6.32. The van der Waals surface area contributed by atoms with Gasteiger partial charge in [-0.05, 0) is 62.6 Å². The summed E-state index contributed by atoms with van der Waals surface area (Å²) in [7, 11) is 0. The van der Waals surface area contributed by atoms with Crippen molar-refractivity contribution in [3.63, 3.8) is 0 Å². The summed E-state index contributed by atoms with van der Waals surface area (Å²) in [5, 5.41) is 19.0. The van der Waals surface area contributed by atoms with Crippen LogP contribution < -0.4 is 0 Å². The van der Waals surface area contributed by atoms with Gasteiger partial charge in [-0.15, -0.1) is 0 Å². The van der Waals surface area contributed by atoms with E-state index in [4.69, 9.17) is 16.6 Å². The van der Waals surface area contributed by atoms with E-state index >= 15 is 0 Å². The maximum Gasteiger partial charge on any atom is 0.257 e. The molecule has 158 valence electrons. The molecule has 0 unspecified atom stereocenters. The van der Waals surface area contributed by atoms with Gasteiger partial charge in [0.25, 0.3) is 5.91 Å². The van der Waals surface area contributed by atoms with Crippen LogP contribution >= 0.6 is 11.6 Å². The van der Waals surface area contributed by atoms with E-state index in [1.54, 1.807) is 18.5 Å². The number of hydrogen-bond donors (Lipinski definition) is 2. The lowest BCUT2D eigenvalue weighted by Gasteiger charge is -2.34. The number of rotatable bonds is 3. The molecule has 0 spiro atoms. The maximum absolute atomic E-state index is 13.7. The fourth-order valence-electron chi connectivity index (χ4n) is 4.33. The Morgan fingerprint density at radius 1 is 1.23 bits per heavy atom. The minimum Gasteiger partial charge on any atom is -0.508 e. The number of phenols is 1. The Labute approximate surface area is 183 Å². The number of amides is 1. The van der Waals surface area contributed by atoms with Crippen molar-refractivity contribution in [2.45, 2.75) is 32.2 Å². The van der Waals surface area contributed by atoms with Crippen LogP contribution in [0.2, 0.25) is 5.02 Å². The summed E-state index contributed by atoms with van der Waals surface area (Å²) in [5.41, 5.74) is 2.81. The molecule has 31 heavy (non-hydrogen) atoms. The molecular weight excluding hydrogens is 416 g/mol. The van der Waals surface area contributed by atoms with E-state index in [1.165, 1.54) is 16.9 Å². The SMILES string of the molecule is Cc1c(Cl)ccc2[nH]c([C@]3(C)CCCN3C(=O)c3cc(O)ccc3-n3nccn3)nc12. The van der Waals surface area contributed by atoms with E-state index in [2.05, 4.69) is 15.2 Å². The zero-order chi connectivity index (χ0) is 21.8. The number of halogens is 1. The number of aromatic nitrogens is 5. The fourth-order valence-corrected chi connectivity index (χ4v) is 4.49. The quantitative estimate of drug-likeness (QED) is 0.506. The number of imidazole rings is 1. The van der Waals surface area contributed by atoms with Gasteiger partial charge < -0.3 is 15.0 Å². The molecule has 8 nitrogen and oxygen atoms in total. The lowest BCUT2D eigenvalue weighted by molar-refractivity contribution is 0.0605. The monoisotopic (exact) mass is 436 g/mol. The molecule has 5 rings (SSSR count). The molecule has 3 heterocycles. The summed E-state index contributed by atoms with van der Waals surface area (Å²) in [5.74, 6) is 0.519. The Balaban J connectivity index is 1.59. The van der Waals surface area contributed by atoms with E-state index < -0.39 is 5.54 Å². The molecule has 0 saturated carbocycles. The van der Waals surface area contributed by atoms with Crippen molar-refractivity contribution in [2.24, 2.45) is 0 Å². The first-order valence-electron chi connectivity index (χ1n) is 10.1. The van der Waals surface area contributed by atoms with Crippen LogP contribution in [0.1, 0.15) is 41.5 Å². The number of carbonyl (C=O) groups is 1. The van der Waals surface area contributed by atoms with Crippen molar-refractivity contribution < 1.29 is 9.90 Å². The molecule has 4 aromatic rings. The number of aryl methyl sites for hydroxylation is 1. The molecule has 1 atom stereocenters. The third-order valence-corrected chi connectivity index (χ3v) is 6.49. The van der Waals surface area contributed by atoms with Gasteiger partial charge in [0.1, 0.15) is 11.6 Å². The second-order valence-electron chi connectivity index (χ2n) is 8.01. The average Bonchev–Trinajstić information content (AvgIpc) is 3.50. The molecular formula is C22H21ClN6O2. The molecule has 2 aromatic carbocycles. The van der Waals surface area contributed by atoms with Gasteiger partial charge in [0, 0.05) is 11.6 Å². The minimum absolute atomic E-state index is 0.00848. The van der Waals surface area contributed by atoms with Gasteiger partial charge in [-0.1, -0.05) is 11.6 Å². The summed E-state index contributed by atoms with van der Waals surface area (Å²) in [6.07, 6.45) is 4.69. The van der Waals surface area contributed by atoms with Crippen LogP contribution in [-0.4, -0.2) is 47.4 Å². The number of aromatic amines is 1. The number of nitrogens with one attached hydrogen (secondary N) is 1. The van der Waals surface area contributed by atoms with Crippen LogP contribution in [0.25, 0.3) is 16.7 Å².